The van der Waals surface area contributed by atoms with Gasteiger partial charge in [-0.25, -0.2) is 4.79 Å². The van der Waals surface area contributed by atoms with Gasteiger partial charge in [0.15, 0.2) is 0 Å². The minimum Gasteiger partial charge on any atom is -0.448 e. The molecule has 2 fully saturated rings. The fraction of sp³-hybridized carbons (Fsp3) is 0.750. The number of carbonyl (C=O) groups excluding carboxylic acids is 1. The fourth-order valence-corrected chi connectivity index (χ4v) is 5.95. The first-order chi connectivity index (χ1) is 13.6. The molecule has 156 valence electrons. The fourth-order valence-electron chi connectivity index (χ4n) is 4.77. The molecule has 0 bridgehead atoms. The van der Waals surface area contributed by atoms with Gasteiger partial charge >= 0.3 is 6.09 Å². The van der Waals surface area contributed by atoms with Crippen LogP contribution in [0.2, 0.25) is 0 Å². The first-order valence-electron chi connectivity index (χ1n) is 10.4. The van der Waals surface area contributed by atoms with E-state index in [-0.39, 0.29) is 18.3 Å². The Kier molecular flexibility index (Phi) is 6.52. The molecule has 28 heavy (non-hydrogen) atoms. The van der Waals surface area contributed by atoms with Gasteiger partial charge in [-0.1, -0.05) is 12.8 Å². The summed E-state index contributed by atoms with van der Waals surface area (Å²) < 4.78 is 5.57. The van der Waals surface area contributed by atoms with Gasteiger partial charge in [-0.15, -0.1) is 11.3 Å². The second-order valence-electron chi connectivity index (χ2n) is 8.19. The SMILES string of the molecule is Cc1cc2c(s1)N(C(=O)OCCS)C1CCCCC1NC2N1CCN(C)CC1. The Morgan fingerprint density at radius 1 is 1.29 bits per heavy atom. The van der Waals surface area contributed by atoms with Gasteiger partial charge in [0.25, 0.3) is 0 Å². The molecule has 0 spiro atoms. The molecule has 1 amide bonds. The third kappa shape index (κ3) is 4.07. The molecule has 2 aliphatic heterocycles. The Labute approximate surface area is 177 Å². The van der Waals surface area contributed by atoms with Gasteiger partial charge in [0.1, 0.15) is 11.6 Å². The smallest absolute Gasteiger partial charge is 0.415 e. The predicted octanol–water partition coefficient (Wildman–Crippen LogP) is 3.09. The summed E-state index contributed by atoms with van der Waals surface area (Å²) >= 11 is 5.93. The van der Waals surface area contributed by atoms with Gasteiger partial charge in [0.2, 0.25) is 0 Å². The topological polar surface area (TPSA) is 48.1 Å². The van der Waals surface area contributed by atoms with Crippen molar-refractivity contribution in [2.24, 2.45) is 0 Å². The first-order valence-corrected chi connectivity index (χ1v) is 11.9. The predicted molar refractivity (Wildman–Crippen MR) is 118 cm³/mol. The maximum absolute atomic E-state index is 13.1. The van der Waals surface area contributed by atoms with Crippen molar-refractivity contribution in [1.82, 2.24) is 15.1 Å². The lowest BCUT2D eigenvalue weighted by Gasteiger charge is -2.41. The van der Waals surface area contributed by atoms with Crippen molar-refractivity contribution < 1.29 is 9.53 Å². The normalized spacial score (nSPS) is 29.1. The molecule has 1 aromatic heterocycles. The highest BCUT2D eigenvalue weighted by atomic mass is 32.1. The van der Waals surface area contributed by atoms with Crippen LogP contribution in [0.4, 0.5) is 9.80 Å². The Morgan fingerprint density at radius 2 is 2.04 bits per heavy atom. The van der Waals surface area contributed by atoms with Gasteiger partial charge in [-0.05, 0) is 32.9 Å². The lowest BCUT2D eigenvalue weighted by atomic mass is 9.89. The molecule has 1 saturated heterocycles. The summed E-state index contributed by atoms with van der Waals surface area (Å²) in [5.41, 5.74) is 1.24. The molecule has 1 aromatic rings. The number of ether oxygens (including phenoxy) is 1. The average Bonchev–Trinajstić information content (AvgIpc) is 3.01. The van der Waals surface area contributed by atoms with E-state index in [1.165, 1.54) is 16.9 Å². The molecule has 3 heterocycles. The lowest BCUT2D eigenvalue weighted by molar-refractivity contribution is 0.0827. The number of anilines is 1. The van der Waals surface area contributed by atoms with Crippen molar-refractivity contribution in [3.63, 3.8) is 0 Å². The van der Waals surface area contributed by atoms with Gasteiger partial charge in [0, 0.05) is 48.4 Å². The number of amides is 1. The van der Waals surface area contributed by atoms with Crippen LogP contribution in [0.15, 0.2) is 6.07 Å². The second-order valence-corrected chi connectivity index (χ2v) is 9.87. The van der Waals surface area contributed by atoms with E-state index < -0.39 is 0 Å². The number of thiol groups is 1. The largest absolute Gasteiger partial charge is 0.448 e. The molecule has 1 aliphatic carbocycles. The van der Waals surface area contributed by atoms with Crippen LogP contribution in [0.5, 0.6) is 0 Å². The van der Waals surface area contributed by atoms with Crippen molar-refractivity contribution in [2.45, 2.75) is 50.9 Å². The molecule has 6 nitrogen and oxygen atoms in total. The number of fused-ring (bicyclic) bond motifs is 2. The van der Waals surface area contributed by atoms with E-state index in [1.807, 2.05) is 4.90 Å². The number of hydrogen-bond acceptors (Lipinski definition) is 7. The quantitative estimate of drug-likeness (QED) is 0.731. The maximum Gasteiger partial charge on any atom is 0.415 e. The van der Waals surface area contributed by atoms with Gasteiger partial charge < -0.3 is 9.64 Å². The number of nitrogens with one attached hydrogen (secondary N) is 1. The van der Waals surface area contributed by atoms with Crippen LogP contribution < -0.4 is 10.2 Å². The third-order valence-electron chi connectivity index (χ3n) is 6.23. The van der Waals surface area contributed by atoms with Crippen molar-refractivity contribution in [3.8, 4) is 0 Å². The van der Waals surface area contributed by atoms with E-state index in [9.17, 15) is 4.79 Å². The van der Waals surface area contributed by atoms with E-state index in [0.717, 1.165) is 50.4 Å². The van der Waals surface area contributed by atoms with Gasteiger partial charge in [0.05, 0.1) is 12.2 Å². The molecule has 0 radical (unpaired) electrons. The molecule has 1 saturated carbocycles. The molecular weight excluding hydrogens is 392 g/mol. The monoisotopic (exact) mass is 424 g/mol. The summed E-state index contributed by atoms with van der Waals surface area (Å²) in [4.78, 5) is 21.3. The van der Waals surface area contributed by atoms with Crippen LogP contribution in [-0.2, 0) is 4.74 Å². The summed E-state index contributed by atoms with van der Waals surface area (Å²) in [5.74, 6) is 0.548. The molecule has 3 unspecified atom stereocenters. The Bertz CT molecular complexity index is 690. The number of hydrogen-bond donors (Lipinski definition) is 2. The highest BCUT2D eigenvalue weighted by molar-refractivity contribution is 7.80. The molecule has 4 rings (SSSR count). The Balaban J connectivity index is 1.70. The standard InChI is InChI=1S/C20H32N4O2S2/c1-14-13-15-18(23-9-7-22(2)8-10-23)21-16-5-3-4-6-17(16)24(19(15)28-14)20(25)26-11-12-27/h13,16-18,21,27H,3-12H2,1-2H3. The Morgan fingerprint density at radius 3 is 2.79 bits per heavy atom. The van der Waals surface area contributed by atoms with Crippen molar-refractivity contribution in [1.29, 1.82) is 0 Å². The van der Waals surface area contributed by atoms with Crippen LogP contribution in [0.25, 0.3) is 0 Å². The Hall–Kier alpha value is -0.800. The number of rotatable bonds is 3. The first kappa shape index (κ1) is 20.5. The summed E-state index contributed by atoms with van der Waals surface area (Å²) in [6.07, 6.45) is 4.48. The van der Waals surface area contributed by atoms with Crippen molar-refractivity contribution in [2.75, 3.05) is 50.5 Å². The third-order valence-corrected chi connectivity index (χ3v) is 7.47. The molecule has 3 atom stereocenters. The van der Waals surface area contributed by atoms with Crippen molar-refractivity contribution in [3.05, 3.63) is 16.5 Å². The van der Waals surface area contributed by atoms with Crippen LogP contribution in [-0.4, -0.2) is 73.6 Å². The molecule has 8 heteroatoms. The van der Waals surface area contributed by atoms with Crippen LogP contribution in [0.1, 0.15) is 42.3 Å². The molecule has 0 aromatic carbocycles. The minimum atomic E-state index is -0.213. The lowest BCUT2D eigenvalue weighted by Crippen LogP contribution is -2.55. The average molecular weight is 425 g/mol. The van der Waals surface area contributed by atoms with Gasteiger partial charge in [-0.2, -0.15) is 12.6 Å². The summed E-state index contributed by atoms with van der Waals surface area (Å²) in [6, 6.07) is 2.74. The highest BCUT2D eigenvalue weighted by Gasteiger charge is 2.43. The number of carbonyl (C=O) groups is 1. The number of nitrogens with zero attached hydrogens (tertiary/aromatic N) is 3. The van der Waals surface area contributed by atoms with Crippen LogP contribution in [0.3, 0.4) is 0 Å². The number of thiophene rings is 1. The van der Waals surface area contributed by atoms with Crippen LogP contribution >= 0.6 is 24.0 Å². The zero-order valence-corrected chi connectivity index (χ0v) is 18.6. The minimum absolute atomic E-state index is 0.162. The van der Waals surface area contributed by atoms with E-state index in [4.69, 9.17) is 4.74 Å². The molecule has 1 N–H and O–H groups in total. The number of aryl methyl sites for hydroxylation is 1. The van der Waals surface area contributed by atoms with Gasteiger partial charge in [-0.3, -0.25) is 15.1 Å². The summed E-state index contributed by atoms with van der Waals surface area (Å²) in [5, 5.41) is 5.04. The second kappa shape index (κ2) is 8.92. The van der Waals surface area contributed by atoms with E-state index in [2.05, 4.69) is 47.8 Å². The zero-order chi connectivity index (χ0) is 19.7. The number of likely N-dealkylation sites (N-methyl/N-ethyl adjacent to an activating group) is 1. The molecular formula is C20H32N4O2S2. The summed E-state index contributed by atoms with van der Waals surface area (Å²) in [7, 11) is 2.19. The van der Waals surface area contributed by atoms with Crippen molar-refractivity contribution >= 4 is 35.1 Å². The van der Waals surface area contributed by atoms with E-state index >= 15 is 0 Å². The van der Waals surface area contributed by atoms with E-state index in [0.29, 0.717) is 18.4 Å². The maximum atomic E-state index is 13.1. The molecule has 3 aliphatic rings. The zero-order valence-electron chi connectivity index (χ0n) is 16.9. The summed E-state index contributed by atoms with van der Waals surface area (Å²) in [6.45, 7) is 6.74. The van der Waals surface area contributed by atoms with Crippen LogP contribution in [0, 0.1) is 6.92 Å². The number of piperazine rings is 1. The highest BCUT2D eigenvalue weighted by Crippen LogP contribution is 2.43. The van der Waals surface area contributed by atoms with E-state index in [1.54, 1.807) is 11.3 Å².